The second kappa shape index (κ2) is 7.92. The van der Waals surface area contributed by atoms with E-state index < -0.39 is 6.10 Å². The van der Waals surface area contributed by atoms with Crippen molar-refractivity contribution in [3.63, 3.8) is 0 Å². The number of aromatic nitrogens is 3. The van der Waals surface area contributed by atoms with Crippen molar-refractivity contribution >= 4 is 0 Å². The highest BCUT2D eigenvalue weighted by molar-refractivity contribution is 5.21. The zero-order chi connectivity index (χ0) is 16.7. The Hall–Kier alpha value is -2.14. The lowest BCUT2D eigenvalue weighted by Gasteiger charge is -2.32. The first-order chi connectivity index (χ1) is 11.0. The Bertz CT molecular complexity index is 588. The summed E-state index contributed by atoms with van der Waals surface area (Å²) in [6, 6.07) is 9.55. The van der Waals surface area contributed by atoms with Gasteiger partial charge in [-0.15, -0.1) is 0 Å². The van der Waals surface area contributed by atoms with E-state index >= 15 is 0 Å². The van der Waals surface area contributed by atoms with Crippen LogP contribution in [0.15, 0.2) is 55.1 Å². The van der Waals surface area contributed by atoms with Crippen LogP contribution in [0.3, 0.4) is 0 Å². The van der Waals surface area contributed by atoms with Gasteiger partial charge in [-0.05, 0) is 24.0 Å². The molecule has 0 amide bonds. The second-order valence-electron chi connectivity index (χ2n) is 6.58. The SMILES string of the molecule is CC(C)(C)C(O)C(C/C=C/COc1ccccc1)n1cncn1. The summed E-state index contributed by atoms with van der Waals surface area (Å²) >= 11 is 0. The Labute approximate surface area is 137 Å². The van der Waals surface area contributed by atoms with Crippen LogP contribution < -0.4 is 4.74 Å². The standard InChI is InChI=1S/C18H25N3O2/c1-18(2,3)17(22)16(21-14-19-13-20-21)11-7-8-12-23-15-9-5-4-6-10-15/h4-10,13-14,16-17,22H,11-12H2,1-3H3/b8-7+. The Kier molecular flexibility index (Phi) is 5.93. The summed E-state index contributed by atoms with van der Waals surface area (Å²) in [6.07, 6.45) is 7.26. The number of rotatable bonds is 7. The number of hydrogen-bond donors (Lipinski definition) is 1. The minimum absolute atomic E-state index is 0.148. The van der Waals surface area contributed by atoms with Crippen LogP contribution in [0, 0.1) is 5.41 Å². The maximum atomic E-state index is 10.6. The number of benzene rings is 1. The lowest BCUT2D eigenvalue weighted by atomic mass is 9.83. The highest BCUT2D eigenvalue weighted by Crippen LogP contribution is 2.30. The van der Waals surface area contributed by atoms with Gasteiger partial charge in [0, 0.05) is 0 Å². The van der Waals surface area contributed by atoms with Crippen molar-refractivity contribution in [1.29, 1.82) is 0 Å². The quantitative estimate of drug-likeness (QED) is 0.797. The number of aliphatic hydroxyl groups excluding tert-OH is 1. The third-order valence-corrected chi connectivity index (χ3v) is 3.66. The van der Waals surface area contributed by atoms with Gasteiger partial charge in [0.05, 0.1) is 12.1 Å². The van der Waals surface area contributed by atoms with E-state index in [2.05, 4.69) is 10.1 Å². The molecule has 2 aromatic rings. The van der Waals surface area contributed by atoms with Crippen LogP contribution in [0.2, 0.25) is 0 Å². The van der Waals surface area contributed by atoms with Crippen molar-refractivity contribution in [2.45, 2.75) is 39.3 Å². The molecule has 1 aromatic carbocycles. The fraction of sp³-hybridized carbons (Fsp3) is 0.444. The van der Waals surface area contributed by atoms with E-state index in [1.165, 1.54) is 6.33 Å². The minimum Gasteiger partial charge on any atom is -0.490 e. The second-order valence-corrected chi connectivity index (χ2v) is 6.58. The zero-order valence-electron chi connectivity index (χ0n) is 14.0. The molecule has 5 heteroatoms. The Morgan fingerprint density at radius 2 is 1.96 bits per heavy atom. The third kappa shape index (κ3) is 5.21. The Morgan fingerprint density at radius 3 is 2.57 bits per heavy atom. The van der Waals surface area contributed by atoms with Gasteiger partial charge in [-0.3, -0.25) is 0 Å². The van der Waals surface area contributed by atoms with Crippen LogP contribution in [0.4, 0.5) is 0 Å². The van der Waals surface area contributed by atoms with Crippen molar-refractivity contribution in [3.8, 4) is 5.75 Å². The maximum Gasteiger partial charge on any atom is 0.137 e. The van der Waals surface area contributed by atoms with E-state index in [0.717, 1.165) is 5.75 Å². The fourth-order valence-electron chi connectivity index (χ4n) is 2.31. The van der Waals surface area contributed by atoms with E-state index in [9.17, 15) is 5.11 Å². The van der Waals surface area contributed by atoms with Crippen LogP contribution in [-0.4, -0.2) is 32.6 Å². The molecule has 0 spiro atoms. The van der Waals surface area contributed by atoms with E-state index in [4.69, 9.17) is 4.74 Å². The average Bonchev–Trinajstić information content (AvgIpc) is 3.04. The molecule has 2 unspecified atom stereocenters. The molecule has 124 valence electrons. The molecule has 0 bridgehead atoms. The topological polar surface area (TPSA) is 60.2 Å². The van der Waals surface area contributed by atoms with Gasteiger partial charge in [0.25, 0.3) is 0 Å². The third-order valence-electron chi connectivity index (χ3n) is 3.66. The molecule has 0 aliphatic rings. The van der Waals surface area contributed by atoms with Gasteiger partial charge in [0.2, 0.25) is 0 Å². The van der Waals surface area contributed by atoms with Gasteiger partial charge in [-0.25, -0.2) is 9.67 Å². The van der Waals surface area contributed by atoms with Crippen molar-refractivity contribution in [2.75, 3.05) is 6.61 Å². The van der Waals surface area contributed by atoms with Crippen LogP contribution in [-0.2, 0) is 0 Å². The minimum atomic E-state index is -0.524. The van der Waals surface area contributed by atoms with Crippen LogP contribution in [0.5, 0.6) is 5.75 Å². The molecule has 5 nitrogen and oxygen atoms in total. The summed E-state index contributed by atoms with van der Waals surface area (Å²) in [5, 5.41) is 14.8. The number of nitrogens with zero attached hydrogens (tertiary/aromatic N) is 3. The van der Waals surface area contributed by atoms with Gasteiger partial charge in [0.1, 0.15) is 25.0 Å². The van der Waals surface area contributed by atoms with E-state index in [1.807, 2.05) is 63.3 Å². The summed E-state index contributed by atoms with van der Waals surface area (Å²) in [6.45, 7) is 6.55. The normalized spacial score (nSPS) is 14.8. The number of para-hydroxylation sites is 1. The molecule has 23 heavy (non-hydrogen) atoms. The van der Waals surface area contributed by atoms with Crippen molar-refractivity contribution in [3.05, 3.63) is 55.1 Å². The summed E-state index contributed by atoms with van der Waals surface area (Å²) in [5.74, 6) is 0.847. The predicted octanol–water partition coefficient (Wildman–Crippen LogP) is 3.25. The van der Waals surface area contributed by atoms with Crippen LogP contribution in [0.25, 0.3) is 0 Å². The maximum absolute atomic E-state index is 10.6. The molecule has 0 saturated carbocycles. The smallest absolute Gasteiger partial charge is 0.137 e. The zero-order valence-corrected chi connectivity index (χ0v) is 14.0. The van der Waals surface area contributed by atoms with E-state index in [-0.39, 0.29) is 11.5 Å². The molecule has 0 radical (unpaired) electrons. The number of allylic oxidation sites excluding steroid dienone is 1. The molecular weight excluding hydrogens is 290 g/mol. The molecule has 0 fully saturated rings. The molecule has 2 atom stereocenters. The molecule has 2 rings (SSSR count). The van der Waals surface area contributed by atoms with Gasteiger partial charge in [-0.2, -0.15) is 5.10 Å². The Balaban J connectivity index is 1.92. The number of aliphatic hydroxyl groups is 1. The summed E-state index contributed by atoms with van der Waals surface area (Å²) in [5.41, 5.74) is -0.231. The fourth-order valence-corrected chi connectivity index (χ4v) is 2.31. The number of hydrogen-bond acceptors (Lipinski definition) is 4. The first-order valence-corrected chi connectivity index (χ1v) is 7.83. The average molecular weight is 315 g/mol. The monoisotopic (exact) mass is 315 g/mol. The lowest BCUT2D eigenvalue weighted by Crippen LogP contribution is -2.35. The number of ether oxygens (including phenoxy) is 1. The van der Waals surface area contributed by atoms with E-state index in [0.29, 0.717) is 13.0 Å². The summed E-state index contributed by atoms with van der Waals surface area (Å²) < 4.78 is 7.34. The van der Waals surface area contributed by atoms with Crippen molar-refractivity contribution in [1.82, 2.24) is 14.8 Å². The first-order valence-electron chi connectivity index (χ1n) is 7.83. The lowest BCUT2D eigenvalue weighted by molar-refractivity contribution is 0.0133. The largest absolute Gasteiger partial charge is 0.490 e. The predicted molar refractivity (Wildman–Crippen MR) is 90.2 cm³/mol. The molecule has 1 aromatic heterocycles. The molecular formula is C18H25N3O2. The van der Waals surface area contributed by atoms with E-state index in [1.54, 1.807) is 11.0 Å². The molecule has 1 N–H and O–H groups in total. The summed E-state index contributed by atoms with van der Waals surface area (Å²) in [4.78, 5) is 3.98. The van der Waals surface area contributed by atoms with Gasteiger partial charge in [-0.1, -0.05) is 51.1 Å². The molecule has 0 aliphatic heterocycles. The molecule has 1 heterocycles. The molecule has 0 aliphatic carbocycles. The van der Waals surface area contributed by atoms with Gasteiger partial charge in [0.15, 0.2) is 0 Å². The first kappa shape index (κ1) is 17.2. The van der Waals surface area contributed by atoms with Gasteiger partial charge < -0.3 is 9.84 Å². The Morgan fingerprint density at radius 1 is 1.22 bits per heavy atom. The van der Waals surface area contributed by atoms with Gasteiger partial charge >= 0.3 is 0 Å². The molecule has 0 saturated heterocycles. The summed E-state index contributed by atoms with van der Waals surface area (Å²) in [7, 11) is 0. The highest BCUT2D eigenvalue weighted by atomic mass is 16.5. The van der Waals surface area contributed by atoms with Crippen molar-refractivity contribution in [2.24, 2.45) is 5.41 Å². The highest BCUT2D eigenvalue weighted by Gasteiger charge is 2.31. The van der Waals surface area contributed by atoms with Crippen LogP contribution >= 0.6 is 0 Å². The van der Waals surface area contributed by atoms with Crippen LogP contribution in [0.1, 0.15) is 33.2 Å². The van der Waals surface area contributed by atoms with Crippen molar-refractivity contribution < 1.29 is 9.84 Å².